The summed E-state index contributed by atoms with van der Waals surface area (Å²) in [5.41, 5.74) is 1.18. The summed E-state index contributed by atoms with van der Waals surface area (Å²) in [5, 5.41) is 0. The van der Waals surface area contributed by atoms with Gasteiger partial charge in [-0.15, -0.1) is 0 Å². The summed E-state index contributed by atoms with van der Waals surface area (Å²) >= 11 is 0. The monoisotopic (exact) mass is 208 g/mol. The molecule has 0 saturated carbocycles. The van der Waals surface area contributed by atoms with Crippen LogP contribution in [-0.2, 0) is 13.0 Å². The molecule has 3 nitrogen and oxygen atoms in total. The molecule has 15 heavy (non-hydrogen) atoms. The Morgan fingerprint density at radius 3 is 2.60 bits per heavy atom. The highest BCUT2D eigenvalue weighted by Crippen LogP contribution is 2.24. The summed E-state index contributed by atoms with van der Waals surface area (Å²) < 4.78 is 5.80. The number of hydrogen-bond acceptors (Lipinski definition) is 3. The Kier molecular flexibility index (Phi) is 2.83. The highest BCUT2D eigenvalue weighted by Gasteiger charge is 2.24. The zero-order valence-electron chi connectivity index (χ0n) is 10.1. The molecule has 0 aromatic carbocycles. The maximum absolute atomic E-state index is 5.80. The second-order valence-corrected chi connectivity index (χ2v) is 4.89. The maximum atomic E-state index is 5.80. The van der Waals surface area contributed by atoms with E-state index in [0.29, 0.717) is 12.0 Å². The van der Waals surface area contributed by atoms with Gasteiger partial charge >= 0.3 is 0 Å². The molecule has 0 radical (unpaired) electrons. The third-order valence-corrected chi connectivity index (χ3v) is 3.00. The zero-order valence-corrected chi connectivity index (χ0v) is 10.1. The van der Waals surface area contributed by atoms with Crippen LogP contribution in [0.5, 0.6) is 0 Å². The molecule has 0 amide bonds. The maximum Gasteiger partial charge on any atom is 0.197 e. The average Bonchev–Trinajstić information content (AvgIpc) is 2.59. The molecule has 1 aromatic rings. The molecule has 2 heterocycles. The largest absolute Gasteiger partial charge is 0.444 e. The van der Waals surface area contributed by atoms with E-state index in [1.165, 1.54) is 5.69 Å². The van der Waals surface area contributed by atoms with Gasteiger partial charge < -0.3 is 4.42 Å². The highest BCUT2D eigenvalue weighted by molar-refractivity contribution is 5.14. The summed E-state index contributed by atoms with van der Waals surface area (Å²) in [6.45, 7) is 10.7. The molecule has 1 aromatic heterocycles. The van der Waals surface area contributed by atoms with E-state index in [1.807, 2.05) is 0 Å². The van der Waals surface area contributed by atoms with Crippen molar-refractivity contribution in [2.24, 2.45) is 0 Å². The van der Waals surface area contributed by atoms with Crippen molar-refractivity contribution in [2.45, 2.75) is 52.6 Å². The van der Waals surface area contributed by atoms with Gasteiger partial charge in [0.15, 0.2) is 5.89 Å². The zero-order chi connectivity index (χ0) is 11.0. The van der Waals surface area contributed by atoms with Gasteiger partial charge in [0.05, 0.1) is 12.2 Å². The number of nitrogens with zero attached hydrogens (tertiary/aromatic N) is 2. The Balaban J connectivity index is 2.19. The van der Waals surface area contributed by atoms with Crippen LogP contribution < -0.4 is 0 Å². The van der Waals surface area contributed by atoms with Crippen molar-refractivity contribution in [3.63, 3.8) is 0 Å². The Labute approximate surface area is 91.5 Å². The standard InChI is InChI=1S/C12H20N2O/c1-8(2)12-13-10-5-6-14(9(3)4)7-11(10)15-12/h8-9H,5-7H2,1-4H3. The summed E-state index contributed by atoms with van der Waals surface area (Å²) in [4.78, 5) is 6.98. The average molecular weight is 208 g/mol. The Morgan fingerprint density at radius 1 is 1.27 bits per heavy atom. The summed E-state index contributed by atoms with van der Waals surface area (Å²) in [6, 6.07) is 0.589. The Hall–Kier alpha value is -0.830. The van der Waals surface area contributed by atoms with Gasteiger partial charge in [0, 0.05) is 24.9 Å². The van der Waals surface area contributed by atoms with Gasteiger partial charge in [-0.25, -0.2) is 4.98 Å². The number of aromatic nitrogens is 1. The van der Waals surface area contributed by atoms with Gasteiger partial charge in [-0.05, 0) is 13.8 Å². The quantitative estimate of drug-likeness (QED) is 0.748. The molecule has 3 heteroatoms. The highest BCUT2D eigenvalue weighted by atomic mass is 16.4. The van der Waals surface area contributed by atoms with Crippen LogP contribution in [0.25, 0.3) is 0 Å². The smallest absolute Gasteiger partial charge is 0.197 e. The molecule has 1 aliphatic heterocycles. The van der Waals surface area contributed by atoms with Gasteiger partial charge in [0.2, 0.25) is 0 Å². The minimum atomic E-state index is 0.392. The molecule has 0 fully saturated rings. The second kappa shape index (κ2) is 3.97. The lowest BCUT2D eigenvalue weighted by Gasteiger charge is -2.28. The molecule has 1 aliphatic rings. The van der Waals surface area contributed by atoms with Crippen LogP contribution in [0.15, 0.2) is 4.42 Å². The van der Waals surface area contributed by atoms with E-state index in [-0.39, 0.29) is 0 Å². The van der Waals surface area contributed by atoms with Crippen molar-refractivity contribution in [3.8, 4) is 0 Å². The lowest BCUT2D eigenvalue weighted by atomic mass is 10.1. The summed E-state index contributed by atoms with van der Waals surface area (Å²) in [6.07, 6.45) is 1.03. The minimum Gasteiger partial charge on any atom is -0.444 e. The summed E-state index contributed by atoms with van der Waals surface area (Å²) in [5.74, 6) is 2.37. The van der Waals surface area contributed by atoms with Crippen LogP contribution in [0.4, 0.5) is 0 Å². The van der Waals surface area contributed by atoms with Crippen molar-refractivity contribution in [3.05, 3.63) is 17.3 Å². The molecule has 84 valence electrons. The van der Waals surface area contributed by atoms with Gasteiger partial charge in [0.25, 0.3) is 0 Å². The molecule has 0 unspecified atom stereocenters. The van der Waals surface area contributed by atoms with Gasteiger partial charge in [-0.3, -0.25) is 4.90 Å². The number of hydrogen-bond donors (Lipinski definition) is 0. The van der Waals surface area contributed by atoms with Crippen molar-refractivity contribution in [1.82, 2.24) is 9.88 Å². The molecule has 0 aliphatic carbocycles. The van der Waals surface area contributed by atoms with E-state index in [0.717, 1.165) is 31.2 Å². The van der Waals surface area contributed by atoms with Crippen LogP contribution >= 0.6 is 0 Å². The van der Waals surface area contributed by atoms with E-state index in [9.17, 15) is 0 Å². The van der Waals surface area contributed by atoms with Gasteiger partial charge in [0.1, 0.15) is 5.76 Å². The Morgan fingerprint density at radius 2 is 2.00 bits per heavy atom. The van der Waals surface area contributed by atoms with Crippen molar-refractivity contribution >= 4 is 0 Å². The molecular formula is C12H20N2O. The fraction of sp³-hybridized carbons (Fsp3) is 0.750. The minimum absolute atomic E-state index is 0.392. The predicted molar refractivity (Wildman–Crippen MR) is 59.8 cm³/mol. The molecule has 0 saturated heterocycles. The van der Waals surface area contributed by atoms with E-state index < -0.39 is 0 Å². The topological polar surface area (TPSA) is 29.3 Å². The molecule has 2 rings (SSSR count). The molecule has 0 spiro atoms. The third kappa shape index (κ3) is 2.07. The van der Waals surface area contributed by atoms with Crippen LogP contribution in [0, 0.1) is 0 Å². The molecule has 0 bridgehead atoms. The third-order valence-electron chi connectivity index (χ3n) is 3.00. The van der Waals surface area contributed by atoms with Gasteiger partial charge in [-0.1, -0.05) is 13.8 Å². The van der Waals surface area contributed by atoms with Crippen molar-refractivity contribution in [2.75, 3.05) is 6.54 Å². The van der Waals surface area contributed by atoms with E-state index in [1.54, 1.807) is 0 Å². The van der Waals surface area contributed by atoms with E-state index >= 15 is 0 Å². The molecule has 0 atom stereocenters. The van der Waals surface area contributed by atoms with E-state index in [2.05, 4.69) is 37.6 Å². The SMILES string of the molecule is CC(C)c1nc2c(o1)CN(C(C)C)CC2. The van der Waals surface area contributed by atoms with Crippen molar-refractivity contribution < 1.29 is 4.42 Å². The second-order valence-electron chi connectivity index (χ2n) is 4.89. The first-order valence-electron chi connectivity index (χ1n) is 5.80. The van der Waals surface area contributed by atoms with Gasteiger partial charge in [-0.2, -0.15) is 0 Å². The normalized spacial score (nSPS) is 17.5. The number of fused-ring (bicyclic) bond motifs is 1. The van der Waals surface area contributed by atoms with Crippen molar-refractivity contribution in [1.29, 1.82) is 0 Å². The van der Waals surface area contributed by atoms with Crippen LogP contribution in [0.1, 0.15) is 51.0 Å². The number of oxazole rings is 1. The van der Waals surface area contributed by atoms with E-state index in [4.69, 9.17) is 4.42 Å². The lowest BCUT2D eigenvalue weighted by molar-refractivity contribution is 0.182. The van der Waals surface area contributed by atoms with Crippen LogP contribution in [0.2, 0.25) is 0 Å². The molecule has 0 N–H and O–H groups in total. The summed E-state index contributed by atoms with van der Waals surface area (Å²) in [7, 11) is 0. The first-order valence-corrected chi connectivity index (χ1v) is 5.80. The van der Waals surface area contributed by atoms with Crippen LogP contribution in [0.3, 0.4) is 0 Å². The Bertz CT molecular complexity index is 341. The fourth-order valence-corrected chi connectivity index (χ4v) is 1.92. The predicted octanol–water partition coefficient (Wildman–Crippen LogP) is 2.56. The first kappa shape index (κ1) is 10.7. The first-order chi connectivity index (χ1) is 7.08. The fourth-order valence-electron chi connectivity index (χ4n) is 1.92. The van der Waals surface area contributed by atoms with Crippen LogP contribution in [-0.4, -0.2) is 22.5 Å². The molecular weight excluding hydrogens is 188 g/mol. The number of rotatable bonds is 2. The lowest BCUT2D eigenvalue weighted by Crippen LogP contribution is -2.35.